The van der Waals surface area contributed by atoms with E-state index >= 15 is 0 Å². The van der Waals surface area contributed by atoms with Gasteiger partial charge in [0.25, 0.3) is 5.91 Å². The van der Waals surface area contributed by atoms with Crippen molar-refractivity contribution in [1.82, 2.24) is 25.3 Å². The van der Waals surface area contributed by atoms with Gasteiger partial charge in [-0.25, -0.2) is 19.9 Å². The molecule has 136 valence electrons. The van der Waals surface area contributed by atoms with E-state index in [4.69, 9.17) is 5.73 Å². The number of anilines is 1. The van der Waals surface area contributed by atoms with Crippen LogP contribution in [0, 0.1) is 0 Å². The fraction of sp³-hybridized carbons (Fsp3) is 0.250. The van der Waals surface area contributed by atoms with Crippen molar-refractivity contribution in [2.75, 3.05) is 5.73 Å². The first-order valence-corrected chi connectivity index (χ1v) is 8.84. The Labute approximate surface area is 156 Å². The average molecular weight is 360 g/mol. The van der Waals surface area contributed by atoms with Gasteiger partial charge in [0.15, 0.2) is 0 Å². The molecular formula is C20H20N6O. The van der Waals surface area contributed by atoms with E-state index in [0.29, 0.717) is 23.1 Å². The minimum atomic E-state index is -0.421. The van der Waals surface area contributed by atoms with Crippen LogP contribution in [0.15, 0.2) is 37.2 Å². The zero-order valence-corrected chi connectivity index (χ0v) is 15.1. The second-order valence-electron chi connectivity index (χ2n) is 6.80. The minimum Gasteiger partial charge on any atom is -0.383 e. The van der Waals surface area contributed by atoms with Crippen molar-refractivity contribution < 1.29 is 4.79 Å². The molecule has 1 aliphatic carbocycles. The molecule has 0 atom stereocenters. The molecule has 7 heteroatoms. The molecule has 3 aromatic rings. The third-order valence-electron chi connectivity index (χ3n) is 4.59. The summed E-state index contributed by atoms with van der Waals surface area (Å²) in [6.07, 6.45) is 5.61. The van der Waals surface area contributed by atoms with Crippen molar-refractivity contribution in [3.05, 3.63) is 59.9 Å². The summed E-state index contributed by atoms with van der Waals surface area (Å²) >= 11 is 0. The fourth-order valence-electron chi connectivity index (χ4n) is 3.02. The SMILES string of the molecule is C=C(C)c1cc(C2CC2)cc2c(N)nc(C(=O)NCc3ncccn3)nc12. The predicted octanol–water partition coefficient (Wildman–Crippen LogP) is 2.84. The molecule has 1 aliphatic rings. The van der Waals surface area contributed by atoms with Crippen LogP contribution >= 0.6 is 0 Å². The lowest BCUT2D eigenvalue weighted by Crippen LogP contribution is -2.26. The van der Waals surface area contributed by atoms with E-state index in [1.165, 1.54) is 18.4 Å². The van der Waals surface area contributed by atoms with Crippen LogP contribution < -0.4 is 11.1 Å². The molecule has 1 fully saturated rings. The number of nitrogens with zero attached hydrogens (tertiary/aromatic N) is 4. The number of amides is 1. The highest BCUT2D eigenvalue weighted by Crippen LogP contribution is 2.42. The Balaban J connectivity index is 1.69. The monoisotopic (exact) mass is 360 g/mol. The summed E-state index contributed by atoms with van der Waals surface area (Å²) < 4.78 is 0. The van der Waals surface area contributed by atoms with E-state index in [1.807, 2.05) is 13.0 Å². The molecule has 27 heavy (non-hydrogen) atoms. The molecule has 0 saturated heterocycles. The lowest BCUT2D eigenvalue weighted by Gasteiger charge is -2.12. The van der Waals surface area contributed by atoms with Crippen LogP contribution in [-0.2, 0) is 6.54 Å². The first-order valence-electron chi connectivity index (χ1n) is 8.84. The zero-order chi connectivity index (χ0) is 19.0. The zero-order valence-electron chi connectivity index (χ0n) is 15.1. The number of nitrogens with one attached hydrogen (secondary N) is 1. The maximum absolute atomic E-state index is 12.5. The van der Waals surface area contributed by atoms with Crippen LogP contribution in [0.5, 0.6) is 0 Å². The van der Waals surface area contributed by atoms with Gasteiger partial charge < -0.3 is 11.1 Å². The first kappa shape index (κ1) is 17.1. The fourth-order valence-corrected chi connectivity index (χ4v) is 3.02. The van der Waals surface area contributed by atoms with Crippen LogP contribution in [0.2, 0.25) is 0 Å². The Morgan fingerprint density at radius 1 is 1.26 bits per heavy atom. The number of hydrogen-bond donors (Lipinski definition) is 2. The van der Waals surface area contributed by atoms with E-state index in [1.54, 1.807) is 18.5 Å². The van der Waals surface area contributed by atoms with Crippen molar-refractivity contribution in [3.63, 3.8) is 0 Å². The van der Waals surface area contributed by atoms with E-state index in [0.717, 1.165) is 16.5 Å². The lowest BCUT2D eigenvalue weighted by molar-refractivity contribution is 0.0940. The van der Waals surface area contributed by atoms with Gasteiger partial charge in [-0.1, -0.05) is 6.58 Å². The molecule has 1 amide bonds. The van der Waals surface area contributed by atoms with Crippen LogP contribution in [0.3, 0.4) is 0 Å². The smallest absolute Gasteiger partial charge is 0.289 e. The second-order valence-corrected chi connectivity index (χ2v) is 6.80. The highest BCUT2D eigenvalue weighted by atomic mass is 16.2. The van der Waals surface area contributed by atoms with Crippen LogP contribution in [0.25, 0.3) is 16.5 Å². The molecule has 1 aromatic carbocycles. The first-order chi connectivity index (χ1) is 13.0. The number of benzene rings is 1. The molecule has 2 aromatic heterocycles. The molecule has 4 rings (SSSR count). The normalized spacial score (nSPS) is 13.5. The Hall–Kier alpha value is -3.35. The quantitative estimate of drug-likeness (QED) is 0.724. The number of nitrogens with two attached hydrogens (primary N) is 1. The van der Waals surface area contributed by atoms with Gasteiger partial charge in [0.1, 0.15) is 11.6 Å². The number of nitrogen functional groups attached to an aromatic ring is 1. The summed E-state index contributed by atoms with van der Waals surface area (Å²) in [6.45, 7) is 6.17. The van der Waals surface area contributed by atoms with Crippen molar-refractivity contribution in [2.45, 2.75) is 32.2 Å². The number of rotatable bonds is 5. The lowest BCUT2D eigenvalue weighted by atomic mass is 9.98. The van der Waals surface area contributed by atoms with Crippen LogP contribution in [0.1, 0.15) is 53.3 Å². The molecule has 0 radical (unpaired) electrons. The maximum Gasteiger partial charge on any atom is 0.289 e. The van der Waals surface area contributed by atoms with Crippen LogP contribution in [0.4, 0.5) is 5.82 Å². The molecule has 2 heterocycles. The molecule has 1 saturated carbocycles. The second kappa shape index (κ2) is 6.75. The summed E-state index contributed by atoms with van der Waals surface area (Å²) in [5.41, 5.74) is 9.84. The van der Waals surface area contributed by atoms with Crippen LogP contribution in [-0.4, -0.2) is 25.8 Å². The molecule has 0 spiro atoms. The average Bonchev–Trinajstić information content (AvgIpc) is 3.51. The standard InChI is InChI=1S/C20H20N6O/c1-11(2)14-8-13(12-4-5-12)9-15-17(14)25-19(26-18(15)21)20(27)24-10-16-22-6-3-7-23-16/h3,6-9,12H,1,4-5,10H2,2H3,(H,24,27)(H2,21,25,26). The Morgan fingerprint density at radius 3 is 2.67 bits per heavy atom. The number of aromatic nitrogens is 4. The van der Waals surface area contributed by atoms with E-state index < -0.39 is 5.91 Å². The highest BCUT2D eigenvalue weighted by molar-refractivity contribution is 6.00. The van der Waals surface area contributed by atoms with Crippen molar-refractivity contribution >= 4 is 28.2 Å². The number of fused-ring (bicyclic) bond motifs is 1. The number of carbonyl (C=O) groups excluding carboxylic acids is 1. The Bertz CT molecular complexity index is 1040. The summed E-state index contributed by atoms with van der Waals surface area (Å²) in [7, 11) is 0. The third-order valence-corrected chi connectivity index (χ3v) is 4.59. The largest absolute Gasteiger partial charge is 0.383 e. The van der Waals surface area contributed by atoms with Gasteiger partial charge in [-0.3, -0.25) is 4.79 Å². The van der Waals surface area contributed by atoms with Crippen molar-refractivity contribution in [2.24, 2.45) is 0 Å². The van der Waals surface area contributed by atoms with E-state index in [2.05, 4.69) is 37.9 Å². The Kier molecular flexibility index (Phi) is 4.27. The van der Waals surface area contributed by atoms with Gasteiger partial charge in [0.05, 0.1) is 12.1 Å². The molecule has 0 aliphatic heterocycles. The Morgan fingerprint density at radius 2 is 2.00 bits per heavy atom. The highest BCUT2D eigenvalue weighted by Gasteiger charge is 2.26. The molecular weight excluding hydrogens is 340 g/mol. The van der Waals surface area contributed by atoms with Gasteiger partial charge in [-0.15, -0.1) is 0 Å². The number of hydrogen-bond acceptors (Lipinski definition) is 6. The summed E-state index contributed by atoms with van der Waals surface area (Å²) in [6, 6.07) is 5.86. The number of allylic oxidation sites excluding steroid dienone is 1. The van der Waals surface area contributed by atoms with Gasteiger partial charge in [0, 0.05) is 23.3 Å². The number of carbonyl (C=O) groups is 1. The molecule has 3 N–H and O–H groups in total. The van der Waals surface area contributed by atoms with Crippen molar-refractivity contribution in [3.8, 4) is 0 Å². The van der Waals surface area contributed by atoms with Gasteiger partial charge in [0.2, 0.25) is 5.82 Å². The van der Waals surface area contributed by atoms with E-state index in [9.17, 15) is 4.79 Å². The molecule has 0 bridgehead atoms. The summed E-state index contributed by atoms with van der Waals surface area (Å²) in [5.74, 6) is 0.982. The minimum absolute atomic E-state index is 0.0256. The molecule has 7 nitrogen and oxygen atoms in total. The summed E-state index contributed by atoms with van der Waals surface area (Å²) in [4.78, 5) is 29.4. The third kappa shape index (κ3) is 3.48. The maximum atomic E-state index is 12.5. The van der Waals surface area contributed by atoms with Crippen molar-refractivity contribution in [1.29, 1.82) is 0 Å². The van der Waals surface area contributed by atoms with Gasteiger partial charge in [-0.2, -0.15) is 0 Å². The molecule has 0 unspecified atom stereocenters. The van der Waals surface area contributed by atoms with E-state index in [-0.39, 0.29) is 12.4 Å². The van der Waals surface area contributed by atoms with Gasteiger partial charge >= 0.3 is 0 Å². The predicted molar refractivity (Wildman–Crippen MR) is 104 cm³/mol. The topological polar surface area (TPSA) is 107 Å². The van der Waals surface area contributed by atoms with Gasteiger partial charge in [-0.05, 0) is 55.0 Å². The summed E-state index contributed by atoms with van der Waals surface area (Å²) in [5, 5.41) is 3.49.